The number of aromatic nitrogens is 2. The van der Waals surface area contributed by atoms with Crippen molar-refractivity contribution >= 4 is 51.9 Å². The number of hydrogen-bond donors (Lipinski definition) is 0. The highest BCUT2D eigenvalue weighted by atomic mass is 35.5. The number of nitrogens with zero attached hydrogens (tertiary/aromatic N) is 3. The number of carbonyl (C=O) groups is 1. The molecule has 3 aromatic rings. The minimum absolute atomic E-state index is 0.219. The second-order valence-corrected chi connectivity index (χ2v) is 7.08. The first-order valence-corrected chi connectivity index (χ1v) is 9.25. The molecule has 2 aromatic carbocycles. The minimum atomic E-state index is -0.219. The maximum atomic E-state index is 13.1. The number of carbonyl (C=O) groups excluding carboxylic acids is 1. The van der Waals surface area contributed by atoms with E-state index in [1.54, 1.807) is 72.9 Å². The molecule has 0 aliphatic carbocycles. The van der Waals surface area contributed by atoms with Crippen molar-refractivity contribution in [1.82, 2.24) is 9.97 Å². The Morgan fingerprint density at radius 2 is 1.74 bits per heavy atom. The molecule has 0 saturated carbocycles. The molecule has 1 heterocycles. The third-order valence-corrected chi connectivity index (χ3v) is 4.97. The number of ketones is 1. The number of rotatable bonds is 5. The van der Waals surface area contributed by atoms with Gasteiger partial charge in [-0.1, -0.05) is 47.6 Å². The van der Waals surface area contributed by atoms with E-state index < -0.39 is 0 Å². The van der Waals surface area contributed by atoms with Crippen LogP contribution in [0.15, 0.2) is 60.9 Å². The molecule has 0 aliphatic heterocycles. The summed E-state index contributed by atoms with van der Waals surface area (Å²) in [6.07, 6.45) is 3.72. The van der Waals surface area contributed by atoms with E-state index in [2.05, 4.69) is 9.97 Å². The number of likely N-dealkylation sites (N-methyl/N-ethyl adjacent to an activating group) is 1. The van der Waals surface area contributed by atoms with Gasteiger partial charge in [0, 0.05) is 35.6 Å². The van der Waals surface area contributed by atoms with E-state index in [0.29, 0.717) is 44.1 Å². The number of benzene rings is 2. The highest BCUT2D eigenvalue weighted by Crippen LogP contribution is 2.29. The van der Waals surface area contributed by atoms with Gasteiger partial charge in [0.15, 0.2) is 5.78 Å². The Morgan fingerprint density at radius 3 is 2.44 bits per heavy atom. The molecular formula is C20H15Cl2N3OS. The van der Waals surface area contributed by atoms with Gasteiger partial charge in [-0.25, -0.2) is 9.97 Å². The van der Waals surface area contributed by atoms with E-state index in [9.17, 15) is 4.79 Å². The molecule has 0 atom stereocenters. The lowest BCUT2D eigenvalue weighted by Gasteiger charge is -2.23. The van der Waals surface area contributed by atoms with Gasteiger partial charge in [0.05, 0.1) is 22.1 Å². The molecule has 0 saturated heterocycles. The van der Waals surface area contributed by atoms with Crippen molar-refractivity contribution in [3.63, 3.8) is 0 Å². The van der Waals surface area contributed by atoms with Gasteiger partial charge in [-0.2, -0.15) is 0 Å². The van der Waals surface area contributed by atoms with Crippen LogP contribution in [0.3, 0.4) is 0 Å². The van der Waals surface area contributed by atoms with E-state index in [-0.39, 0.29) is 5.78 Å². The largest absolute Gasteiger partial charge is 0.338 e. The third-order valence-electron chi connectivity index (χ3n) is 3.99. The van der Waals surface area contributed by atoms with Gasteiger partial charge in [-0.05, 0) is 36.4 Å². The molecule has 0 aliphatic rings. The molecule has 0 N–H and O–H groups in total. The normalized spacial score (nSPS) is 10.5. The monoisotopic (exact) mass is 415 g/mol. The average molecular weight is 416 g/mol. The number of halogens is 2. The van der Waals surface area contributed by atoms with Crippen LogP contribution in [0.1, 0.15) is 21.7 Å². The average Bonchev–Trinajstić information content (AvgIpc) is 2.68. The van der Waals surface area contributed by atoms with Gasteiger partial charge in [-0.3, -0.25) is 4.79 Å². The Labute approximate surface area is 172 Å². The molecule has 7 heteroatoms. The predicted molar refractivity (Wildman–Crippen MR) is 113 cm³/mol. The predicted octanol–water partition coefficient (Wildman–Crippen LogP) is 5.02. The van der Waals surface area contributed by atoms with Gasteiger partial charge in [0.2, 0.25) is 0 Å². The fourth-order valence-corrected chi connectivity index (χ4v) is 3.20. The zero-order chi connectivity index (χ0) is 19.4. The van der Waals surface area contributed by atoms with Crippen LogP contribution in [0.4, 0.5) is 5.69 Å². The molecule has 27 heavy (non-hydrogen) atoms. The smallest absolute Gasteiger partial charge is 0.196 e. The standard InChI is InChI=1S/C20H15Cl2N3OS/c1-25(19(27)12-18-23-9-4-10-24-18)17-8-7-13(21)11-15(17)20(26)14-5-2-3-6-16(14)22/h2-11H,12H2,1H3. The molecule has 3 rings (SSSR count). The molecule has 0 amide bonds. The molecule has 1 aromatic heterocycles. The SMILES string of the molecule is CN(C(=S)Cc1ncccn1)c1ccc(Cl)cc1C(=O)c1ccccc1Cl. The number of anilines is 1. The Hall–Kier alpha value is -2.34. The lowest BCUT2D eigenvalue weighted by atomic mass is 10.0. The van der Waals surface area contributed by atoms with Crippen molar-refractivity contribution in [1.29, 1.82) is 0 Å². The van der Waals surface area contributed by atoms with E-state index in [1.165, 1.54) is 0 Å². The zero-order valence-electron chi connectivity index (χ0n) is 14.4. The molecule has 0 unspecified atom stereocenters. The van der Waals surface area contributed by atoms with E-state index in [0.717, 1.165) is 0 Å². The first-order valence-electron chi connectivity index (χ1n) is 8.08. The van der Waals surface area contributed by atoms with Crippen molar-refractivity contribution in [2.75, 3.05) is 11.9 Å². The lowest BCUT2D eigenvalue weighted by molar-refractivity contribution is 0.103. The van der Waals surface area contributed by atoms with Crippen LogP contribution in [0.5, 0.6) is 0 Å². The molecule has 4 nitrogen and oxygen atoms in total. The Bertz CT molecular complexity index is 996. The van der Waals surface area contributed by atoms with Crippen LogP contribution in [-0.4, -0.2) is 27.8 Å². The summed E-state index contributed by atoms with van der Waals surface area (Å²) in [5.41, 5.74) is 1.48. The Kier molecular flexibility index (Phi) is 6.16. The van der Waals surface area contributed by atoms with Crippen LogP contribution < -0.4 is 4.90 Å². The maximum Gasteiger partial charge on any atom is 0.196 e. The first kappa shape index (κ1) is 19.4. The summed E-state index contributed by atoms with van der Waals surface area (Å²) in [6.45, 7) is 0. The van der Waals surface area contributed by atoms with E-state index in [1.807, 2.05) is 0 Å². The van der Waals surface area contributed by atoms with Crippen LogP contribution in [-0.2, 0) is 6.42 Å². The van der Waals surface area contributed by atoms with Crippen LogP contribution in [0.25, 0.3) is 0 Å². The van der Waals surface area contributed by atoms with Crippen molar-refractivity contribution in [2.24, 2.45) is 0 Å². The summed E-state index contributed by atoms with van der Waals surface area (Å²) >= 11 is 17.9. The summed E-state index contributed by atoms with van der Waals surface area (Å²) in [4.78, 5) is 23.8. The molecule has 0 spiro atoms. The zero-order valence-corrected chi connectivity index (χ0v) is 16.7. The van der Waals surface area contributed by atoms with Crippen molar-refractivity contribution < 1.29 is 4.79 Å². The topological polar surface area (TPSA) is 46.1 Å². The Balaban J connectivity index is 1.95. The van der Waals surface area contributed by atoms with Crippen molar-refractivity contribution in [2.45, 2.75) is 6.42 Å². The fraction of sp³-hybridized carbons (Fsp3) is 0.100. The van der Waals surface area contributed by atoms with E-state index >= 15 is 0 Å². The molecule has 0 bridgehead atoms. The van der Waals surface area contributed by atoms with Gasteiger partial charge in [0.25, 0.3) is 0 Å². The summed E-state index contributed by atoms with van der Waals surface area (Å²) in [7, 11) is 1.80. The van der Waals surface area contributed by atoms with Crippen molar-refractivity contribution in [3.8, 4) is 0 Å². The second kappa shape index (κ2) is 8.57. The molecule has 0 fully saturated rings. The van der Waals surface area contributed by atoms with Gasteiger partial charge in [0.1, 0.15) is 5.82 Å². The number of hydrogen-bond acceptors (Lipinski definition) is 4. The Morgan fingerprint density at radius 1 is 1.04 bits per heavy atom. The van der Waals surface area contributed by atoms with Crippen LogP contribution >= 0.6 is 35.4 Å². The van der Waals surface area contributed by atoms with Crippen LogP contribution in [0.2, 0.25) is 10.0 Å². The molecule has 136 valence electrons. The number of thiocarbonyl (C=S) groups is 1. The quantitative estimate of drug-likeness (QED) is 0.432. The van der Waals surface area contributed by atoms with E-state index in [4.69, 9.17) is 35.4 Å². The fourth-order valence-electron chi connectivity index (χ4n) is 2.58. The lowest BCUT2D eigenvalue weighted by Crippen LogP contribution is -2.28. The third kappa shape index (κ3) is 4.50. The summed E-state index contributed by atoms with van der Waals surface area (Å²) in [5.74, 6) is 0.394. The summed E-state index contributed by atoms with van der Waals surface area (Å²) in [5, 5.41) is 0.844. The minimum Gasteiger partial charge on any atom is -0.338 e. The van der Waals surface area contributed by atoms with Gasteiger partial charge < -0.3 is 4.90 Å². The maximum absolute atomic E-state index is 13.1. The van der Waals surface area contributed by atoms with Gasteiger partial charge >= 0.3 is 0 Å². The van der Waals surface area contributed by atoms with Crippen molar-refractivity contribution in [3.05, 3.63) is 87.9 Å². The molecule has 0 radical (unpaired) electrons. The summed E-state index contributed by atoms with van der Waals surface area (Å²) in [6, 6.07) is 13.8. The van der Waals surface area contributed by atoms with Crippen LogP contribution in [0, 0.1) is 0 Å². The second-order valence-electron chi connectivity index (χ2n) is 5.76. The summed E-state index contributed by atoms with van der Waals surface area (Å²) < 4.78 is 0. The molecular weight excluding hydrogens is 401 g/mol. The van der Waals surface area contributed by atoms with Gasteiger partial charge in [-0.15, -0.1) is 0 Å². The highest BCUT2D eigenvalue weighted by molar-refractivity contribution is 7.80. The highest BCUT2D eigenvalue weighted by Gasteiger charge is 2.20. The first-order chi connectivity index (χ1) is 13.0.